The summed E-state index contributed by atoms with van der Waals surface area (Å²) in [4.78, 5) is 3.12. The molecule has 0 fully saturated rings. The Morgan fingerprint density at radius 1 is 1.11 bits per heavy atom. The number of imidazole rings is 1. The molecule has 2 aromatic carbocycles. The molecule has 0 atom stereocenters. The monoisotopic (exact) mass is 400 g/mol. The van der Waals surface area contributed by atoms with E-state index in [2.05, 4.69) is 36.8 Å². The second-order valence-corrected chi connectivity index (χ2v) is 6.18. The standard InChI is InChI=1S/C13H7Br2FN2S/c14-7-1-4-11-10(5-7)17-13(19)18(11)12-6-8(16)2-3-9(12)15/h1-6H,(H,17,19). The molecule has 0 aliphatic heterocycles. The second-order valence-electron chi connectivity index (χ2n) is 4.02. The molecular weight excluding hydrogens is 395 g/mol. The van der Waals surface area contributed by atoms with Crippen molar-refractivity contribution >= 4 is 55.1 Å². The van der Waals surface area contributed by atoms with Crippen LogP contribution in [0.3, 0.4) is 0 Å². The van der Waals surface area contributed by atoms with Gasteiger partial charge in [0.25, 0.3) is 0 Å². The molecule has 0 aliphatic carbocycles. The zero-order chi connectivity index (χ0) is 13.6. The van der Waals surface area contributed by atoms with Crippen molar-refractivity contribution in [1.82, 2.24) is 9.55 Å². The van der Waals surface area contributed by atoms with Gasteiger partial charge in [0.1, 0.15) is 5.82 Å². The van der Waals surface area contributed by atoms with E-state index >= 15 is 0 Å². The summed E-state index contributed by atoms with van der Waals surface area (Å²) in [7, 11) is 0. The first-order valence-corrected chi connectivity index (χ1v) is 7.41. The van der Waals surface area contributed by atoms with E-state index in [1.165, 1.54) is 12.1 Å². The van der Waals surface area contributed by atoms with Gasteiger partial charge in [-0.15, -0.1) is 0 Å². The summed E-state index contributed by atoms with van der Waals surface area (Å²) >= 11 is 12.2. The molecule has 0 saturated heterocycles. The topological polar surface area (TPSA) is 20.7 Å². The first kappa shape index (κ1) is 13.0. The van der Waals surface area contributed by atoms with Gasteiger partial charge >= 0.3 is 0 Å². The normalized spacial score (nSPS) is 11.1. The molecule has 0 amide bonds. The van der Waals surface area contributed by atoms with Crippen molar-refractivity contribution in [3.05, 3.63) is 55.9 Å². The number of halogens is 3. The third kappa shape index (κ3) is 2.28. The minimum Gasteiger partial charge on any atom is -0.330 e. The largest absolute Gasteiger partial charge is 0.330 e. The first-order valence-electron chi connectivity index (χ1n) is 5.42. The highest BCUT2D eigenvalue weighted by Gasteiger charge is 2.10. The zero-order valence-corrected chi connectivity index (χ0v) is 13.4. The van der Waals surface area contributed by atoms with Crippen LogP contribution in [0.4, 0.5) is 4.39 Å². The van der Waals surface area contributed by atoms with Gasteiger partial charge in [0.15, 0.2) is 4.77 Å². The van der Waals surface area contributed by atoms with Gasteiger partial charge in [-0.1, -0.05) is 15.9 Å². The van der Waals surface area contributed by atoms with Gasteiger partial charge < -0.3 is 4.98 Å². The Labute approximate surface area is 130 Å². The smallest absolute Gasteiger partial charge is 0.182 e. The number of H-pyrrole nitrogens is 1. The lowest BCUT2D eigenvalue weighted by Crippen LogP contribution is -1.96. The van der Waals surface area contributed by atoms with Crippen molar-refractivity contribution in [1.29, 1.82) is 0 Å². The van der Waals surface area contributed by atoms with Crippen molar-refractivity contribution in [2.75, 3.05) is 0 Å². The van der Waals surface area contributed by atoms with Crippen LogP contribution in [0.5, 0.6) is 0 Å². The SMILES string of the molecule is Fc1ccc(Br)c(-n2c(=S)[nH]c3cc(Br)ccc32)c1. The van der Waals surface area contributed by atoms with Crippen LogP contribution in [0.25, 0.3) is 16.7 Å². The molecule has 0 aliphatic rings. The highest BCUT2D eigenvalue weighted by molar-refractivity contribution is 9.10. The molecule has 2 nitrogen and oxygen atoms in total. The number of hydrogen-bond acceptors (Lipinski definition) is 1. The molecule has 0 spiro atoms. The Morgan fingerprint density at radius 3 is 2.68 bits per heavy atom. The van der Waals surface area contributed by atoms with Crippen LogP contribution >= 0.6 is 44.1 Å². The molecule has 3 aromatic rings. The average molecular weight is 402 g/mol. The Balaban J connectivity index is 2.39. The predicted molar refractivity (Wildman–Crippen MR) is 83.8 cm³/mol. The van der Waals surface area contributed by atoms with Gasteiger partial charge in [-0.3, -0.25) is 4.57 Å². The highest BCUT2D eigenvalue weighted by Crippen LogP contribution is 2.27. The summed E-state index contributed by atoms with van der Waals surface area (Å²) in [5.74, 6) is -0.299. The number of benzene rings is 2. The average Bonchev–Trinajstić information content (AvgIpc) is 2.67. The van der Waals surface area contributed by atoms with Crippen molar-refractivity contribution in [3.63, 3.8) is 0 Å². The molecule has 19 heavy (non-hydrogen) atoms. The maximum absolute atomic E-state index is 13.4. The van der Waals surface area contributed by atoms with E-state index in [9.17, 15) is 4.39 Å². The Hall–Kier alpha value is -0.980. The fraction of sp³-hybridized carbons (Fsp3) is 0. The fourth-order valence-electron chi connectivity index (χ4n) is 1.98. The van der Waals surface area contributed by atoms with Crippen molar-refractivity contribution in [2.45, 2.75) is 0 Å². The van der Waals surface area contributed by atoms with Gasteiger partial charge in [0, 0.05) is 8.95 Å². The Bertz CT molecular complexity index is 838. The molecule has 0 bridgehead atoms. The lowest BCUT2D eigenvalue weighted by molar-refractivity contribution is 0.626. The van der Waals surface area contributed by atoms with E-state index in [4.69, 9.17) is 12.2 Å². The van der Waals surface area contributed by atoms with Crippen LogP contribution in [0.15, 0.2) is 45.3 Å². The van der Waals surface area contributed by atoms with E-state index in [0.717, 1.165) is 20.0 Å². The van der Waals surface area contributed by atoms with Gasteiger partial charge in [0.2, 0.25) is 0 Å². The van der Waals surface area contributed by atoms with Crippen molar-refractivity contribution < 1.29 is 4.39 Å². The third-order valence-electron chi connectivity index (χ3n) is 2.79. The van der Waals surface area contributed by atoms with E-state index in [1.807, 2.05) is 22.8 Å². The molecule has 6 heteroatoms. The molecule has 0 saturated carbocycles. The van der Waals surface area contributed by atoms with E-state index in [0.29, 0.717) is 10.5 Å². The molecule has 3 rings (SSSR count). The summed E-state index contributed by atoms with van der Waals surface area (Å²) in [6, 6.07) is 10.3. The van der Waals surface area contributed by atoms with Gasteiger partial charge in [-0.05, 0) is 64.5 Å². The number of aromatic nitrogens is 2. The number of hydrogen-bond donors (Lipinski definition) is 1. The second kappa shape index (κ2) is 4.85. The van der Waals surface area contributed by atoms with Crippen LogP contribution in [0.2, 0.25) is 0 Å². The summed E-state index contributed by atoms with van der Waals surface area (Å²) in [5.41, 5.74) is 2.48. The molecule has 0 radical (unpaired) electrons. The number of rotatable bonds is 1. The molecular formula is C13H7Br2FN2S. The molecule has 96 valence electrons. The van der Waals surface area contributed by atoms with Crippen LogP contribution in [0, 0.1) is 10.6 Å². The van der Waals surface area contributed by atoms with Crippen LogP contribution in [-0.2, 0) is 0 Å². The summed E-state index contributed by atoms with van der Waals surface area (Å²) < 4.78 is 17.5. The molecule has 0 unspecified atom stereocenters. The maximum Gasteiger partial charge on any atom is 0.182 e. The van der Waals surface area contributed by atoms with Crippen LogP contribution in [-0.4, -0.2) is 9.55 Å². The maximum atomic E-state index is 13.4. The molecule has 1 heterocycles. The third-order valence-corrected chi connectivity index (χ3v) is 4.24. The minimum atomic E-state index is -0.299. The van der Waals surface area contributed by atoms with Gasteiger partial charge in [0.05, 0.1) is 16.7 Å². The van der Waals surface area contributed by atoms with Crippen LogP contribution < -0.4 is 0 Å². The van der Waals surface area contributed by atoms with E-state index in [1.54, 1.807) is 6.07 Å². The minimum absolute atomic E-state index is 0.299. The zero-order valence-electron chi connectivity index (χ0n) is 9.45. The molecule has 1 aromatic heterocycles. The number of aromatic amines is 1. The fourth-order valence-corrected chi connectivity index (χ4v) is 3.07. The number of nitrogens with one attached hydrogen (secondary N) is 1. The predicted octanol–water partition coefficient (Wildman–Crippen LogP) is 5.35. The van der Waals surface area contributed by atoms with Crippen molar-refractivity contribution in [3.8, 4) is 5.69 Å². The molecule has 1 N–H and O–H groups in total. The Morgan fingerprint density at radius 2 is 1.89 bits per heavy atom. The lowest BCUT2D eigenvalue weighted by Gasteiger charge is -2.07. The highest BCUT2D eigenvalue weighted by atomic mass is 79.9. The Kier molecular flexibility index (Phi) is 3.32. The van der Waals surface area contributed by atoms with Crippen LogP contribution in [0.1, 0.15) is 0 Å². The quantitative estimate of drug-likeness (QED) is 0.545. The first-order chi connectivity index (χ1) is 9.06. The van der Waals surface area contributed by atoms with Gasteiger partial charge in [-0.2, -0.15) is 0 Å². The lowest BCUT2D eigenvalue weighted by atomic mass is 10.2. The summed E-state index contributed by atoms with van der Waals surface area (Å²) in [6.07, 6.45) is 0. The van der Waals surface area contributed by atoms with E-state index < -0.39 is 0 Å². The summed E-state index contributed by atoms with van der Waals surface area (Å²) in [6.45, 7) is 0. The van der Waals surface area contributed by atoms with E-state index in [-0.39, 0.29) is 5.82 Å². The number of fused-ring (bicyclic) bond motifs is 1. The summed E-state index contributed by atoms with van der Waals surface area (Å²) in [5, 5.41) is 0. The van der Waals surface area contributed by atoms with Gasteiger partial charge in [-0.25, -0.2) is 4.39 Å². The number of nitrogens with zero attached hydrogens (tertiary/aromatic N) is 1. The van der Waals surface area contributed by atoms with Crippen molar-refractivity contribution in [2.24, 2.45) is 0 Å².